The van der Waals surface area contributed by atoms with Crippen molar-refractivity contribution in [2.24, 2.45) is 0 Å². The summed E-state index contributed by atoms with van der Waals surface area (Å²) in [6.45, 7) is 7.36. The molecule has 1 fully saturated rings. The van der Waals surface area contributed by atoms with Crippen LogP contribution >= 0.6 is 0 Å². The molecule has 0 saturated carbocycles. The lowest BCUT2D eigenvalue weighted by atomic mass is 9.97. The minimum Gasteiger partial charge on any atom is -0.454 e. The van der Waals surface area contributed by atoms with Gasteiger partial charge in [-0.2, -0.15) is 0 Å². The molecule has 2 aliphatic rings. The molecule has 0 amide bonds. The van der Waals surface area contributed by atoms with E-state index in [9.17, 15) is 5.11 Å². The third-order valence-corrected chi connectivity index (χ3v) is 3.90. The fourth-order valence-electron chi connectivity index (χ4n) is 2.54. The largest absolute Gasteiger partial charge is 0.454 e. The zero-order valence-electron chi connectivity index (χ0n) is 12.1. The molecule has 1 N–H and O–H groups in total. The van der Waals surface area contributed by atoms with E-state index < -0.39 is 11.9 Å². The third-order valence-electron chi connectivity index (χ3n) is 3.90. The summed E-state index contributed by atoms with van der Waals surface area (Å²) in [6.07, 6.45) is 0.573. The van der Waals surface area contributed by atoms with Crippen molar-refractivity contribution < 1.29 is 24.1 Å². The van der Waals surface area contributed by atoms with Crippen LogP contribution in [0.1, 0.15) is 31.4 Å². The van der Waals surface area contributed by atoms with Crippen LogP contribution in [0, 0.1) is 0 Å². The first-order valence-electron chi connectivity index (χ1n) is 7.11. The van der Waals surface area contributed by atoms with Crippen molar-refractivity contribution in [3.63, 3.8) is 0 Å². The third kappa shape index (κ3) is 3.05. The summed E-state index contributed by atoms with van der Waals surface area (Å²) in [5.41, 5.74) is 1.48. The highest BCUT2D eigenvalue weighted by atomic mass is 16.7. The van der Waals surface area contributed by atoms with Crippen LogP contribution < -0.4 is 9.47 Å². The standard InChI is InChI=1S/C16H20O5/c1-11(5-6-16(2)20-7-8-21-16)15(17)12-3-4-13-14(9-12)19-10-18-13/h3-4,9,15,17H,1,5-8,10H2,2H3. The van der Waals surface area contributed by atoms with Crippen LogP contribution in [-0.4, -0.2) is 30.9 Å². The van der Waals surface area contributed by atoms with Gasteiger partial charge in [-0.25, -0.2) is 0 Å². The normalized spacial score (nSPS) is 20.5. The second kappa shape index (κ2) is 5.67. The van der Waals surface area contributed by atoms with E-state index in [1.165, 1.54) is 0 Å². The Kier molecular flexibility index (Phi) is 3.89. The van der Waals surface area contributed by atoms with E-state index >= 15 is 0 Å². The predicted octanol–water partition coefficient (Wildman–Crippen LogP) is 2.55. The summed E-state index contributed by atoms with van der Waals surface area (Å²) in [6, 6.07) is 5.43. The Morgan fingerprint density at radius 3 is 2.76 bits per heavy atom. The number of benzene rings is 1. The van der Waals surface area contributed by atoms with E-state index in [4.69, 9.17) is 18.9 Å². The summed E-state index contributed by atoms with van der Waals surface area (Å²) in [5, 5.41) is 10.4. The lowest BCUT2D eigenvalue weighted by molar-refractivity contribution is -0.146. The van der Waals surface area contributed by atoms with Gasteiger partial charge in [0, 0.05) is 6.42 Å². The molecule has 5 nitrogen and oxygen atoms in total. The van der Waals surface area contributed by atoms with Crippen molar-refractivity contribution in [3.8, 4) is 11.5 Å². The maximum atomic E-state index is 10.4. The van der Waals surface area contributed by atoms with Gasteiger partial charge in [0.2, 0.25) is 6.79 Å². The number of hydrogen-bond donors (Lipinski definition) is 1. The highest BCUT2D eigenvalue weighted by Gasteiger charge is 2.31. The topological polar surface area (TPSA) is 57.2 Å². The average Bonchev–Trinajstić information content (AvgIpc) is 3.12. The first-order valence-corrected chi connectivity index (χ1v) is 7.11. The molecular formula is C16H20O5. The lowest BCUT2D eigenvalue weighted by Crippen LogP contribution is -2.25. The molecule has 0 aliphatic carbocycles. The van der Waals surface area contributed by atoms with Crippen molar-refractivity contribution in [3.05, 3.63) is 35.9 Å². The molecule has 1 aromatic rings. The van der Waals surface area contributed by atoms with Crippen molar-refractivity contribution >= 4 is 0 Å². The molecule has 0 spiro atoms. The minimum atomic E-state index is -0.732. The van der Waals surface area contributed by atoms with E-state index in [0.717, 1.165) is 11.1 Å². The quantitative estimate of drug-likeness (QED) is 0.845. The van der Waals surface area contributed by atoms with E-state index in [1.807, 2.05) is 13.0 Å². The van der Waals surface area contributed by atoms with Gasteiger partial charge >= 0.3 is 0 Å². The van der Waals surface area contributed by atoms with Crippen molar-refractivity contribution in [2.75, 3.05) is 20.0 Å². The second-order valence-corrected chi connectivity index (χ2v) is 5.50. The molecule has 5 heteroatoms. The molecule has 1 atom stereocenters. The van der Waals surface area contributed by atoms with Gasteiger partial charge in [-0.15, -0.1) is 0 Å². The first-order chi connectivity index (χ1) is 10.1. The van der Waals surface area contributed by atoms with Crippen LogP contribution in [0.5, 0.6) is 11.5 Å². The number of ether oxygens (including phenoxy) is 4. The van der Waals surface area contributed by atoms with Gasteiger partial charge in [0.25, 0.3) is 0 Å². The van der Waals surface area contributed by atoms with Crippen molar-refractivity contribution in [2.45, 2.75) is 31.7 Å². The SMILES string of the molecule is C=C(CCC1(C)OCCO1)C(O)c1ccc2c(c1)OCO2. The Morgan fingerprint density at radius 1 is 1.29 bits per heavy atom. The number of aliphatic hydroxyl groups excluding tert-OH is 1. The maximum Gasteiger partial charge on any atom is 0.231 e. The van der Waals surface area contributed by atoms with Gasteiger partial charge in [0.1, 0.15) is 0 Å². The molecule has 21 heavy (non-hydrogen) atoms. The minimum absolute atomic E-state index is 0.225. The van der Waals surface area contributed by atoms with Gasteiger partial charge in [-0.3, -0.25) is 0 Å². The maximum absolute atomic E-state index is 10.4. The Labute approximate surface area is 124 Å². The molecule has 1 unspecified atom stereocenters. The number of hydrogen-bond acceptors (Lipinski definition) is 5. The summed E-state index contributed by atoms with van der Waals surface area (Å²) in [4.78, 5) is 0. The molecule has 1 saturated heterocycles. The Bertz CT molecular complexity index is 533. The van der Waals surface area contributed by atoms with Crippen LogP contribution in [-0.2, 0) is 9.47 Å². The van der Waals surface area contributed by atoms with Crippen LogP contribution in [0.4, 0.5) is 0 Å². The number of fused-ring (bicyclic) bond motifs is 1. The monoisotopic (exact) mass is 292 g/mol. The molecule has 114 valence electrons. The summed E-state index contributed by atoms with van der Waals surface area (Å²) < 4.78 is 21.7. The molecule has 0 radical (unpaired) electrons. The highest BCUT2D eigenvalue weighted by Crippen LogP contribution is 2.36. The fraction of sp³-hybridized carbons (Fsp3) is 0.500. The van der Waals surface area contributed by atoms with Gasteiger partial charge in [-0.1, -0.05) is 12.6 Å². The zero-order valence-corrected chi connectivity index (χ0v) is 12.1. The predicted molar refractivity (Wildman–Crippen MR) is 76.2 cm³/mol. The lowest BCUT2D eigenvalue weighted by Gasteiger charge is -2.23. The van der Waals surface area contributed by atoms with E-state index in [2.05, 4.69) is 6.58 Å². The molecule has 2 aliphatic heterocycles. The van der Waals surface area contributed by atoms with E-state index in [-0.39, 0.29) is 6.79 Å². The summed E-state index contributed by atoms with van der Waals surface area (Å²) in [7, 11) is 0. The zero-order chi connectivity index (χ0) is 14.9. The highest BCUT2D eigenvalue weighted by molar-refractivity contribution is 5.46. The van der Waals surface area contributed by atoms with Crippen LogP contribution in [0.3, 0.4) is 0 Å². The average molecular weight is 292 g/mol. The van der Waals surface area contributed by atoms with E-state index in [0.29, 0.717) is 37.6 Å². The van der Waals surface area contributed by atoms with Crippen LogP contribution in [0.25, 0.3) is 0 Å². The van der Waals surface area contributed by atoms with Gasteiger partial charge < -0.3 is 24.1 Å². The fourth-order valence-corrected chi connectivity index (χ4v) is 2.54. The molecule has 2 heterocycles. The van der Waals surface area contributed by atoms with Crippen molar-refractivity contribution in [1.82, 2.24) is 0 Å². The number of rotatable bonds is 5. The van der Waals surface area contributed by atoms with E-state index in [1.54, 1.807) is 12.1 Å². The van der Waals surface area contributed by atoms with Crippen LogP contribution in [0.2, 0.25) is 0 Å². The summed E-state index contributed by atoms with van der Waals surface area (Å²) in [5.74, 6) is 0.808. The van der Waals surface area contributed by atoms with Gasteiger partial charge in [0.05, 0.1) is 19.3 Å². The molecule has 0 bridgehead atoms. The molecule has 1 aromatic carbocycles. The molecule has 3 rings (SSSR count). The van der Waals surface area contributed by atoms with Crippen LogP contribution in [0.15, 0.2) is 30.4 Å². The Hall–Kier alpha value is -1.56. The smallest absolute Gasteiger partial charge is 0.231 e. The van der Waals surface area contributed by atoms with Gasteiger partial charge in [0.15, 0.2) is 17.3 Å². The summed E-state index contributed by atoms with van der Waals surface area (Å²) >= 11 is 0. The second-order valence-electron chi connectivity index (χ2n) is 5.50. The Morgan fingerprint density at radius 2 is 2.00 bits per heavy atom. The molecular weight excluding hydrogens is 272 g/mol. The van der Waals surface area contributed by atoms with Gasteiger partial charge in [-0.05, 0) is 36.6 Å². The first kappa shape index (κ1) is 14.4. The molecule has 0 aromatic heterocycles. The Balaban J connectivity index is 1.61. The van der Waals surface area contributed by atoms with Crippen molar-refractivity contribution in [1.29, 1.82) is 0 Å². The number of aliphatic hydroxyl groups is 1.